The quantitative estimate of drug-likeness (QED) is 0.733. The van der Waals surface area contributed by atoms with Crippen molar-refractivity contribution in [3.8, 4) is 0 Å². The Kier molecular flexibility index (Phi) is 4.56. The van der Waals surface area contributed by atoms with E-state index >= 15 is 0 Å². The smallest absolute Gasteiger partial charge is 0.346 e. The number of hydrogen-bond acceptors (Lipinski definition) is 6. The Balaban J connectivity index is 2.04. The van der Waals surface area contributed by atoms with E-state index in [1.165, 1.54) is 14.1 Å². The zero-order valence-electron chi connectivity index (χ0n) is 12.1. The zero-order valence-corrected chi connectivity index (χ0v) is 12.1. The summed E-state index contributed by atoms with van der Waals surface area (Å²) in [6.45, 7) is 6.05. The van der Waals surface area contributed by atoms with Crippen LogP contribution in [0.2, 0.25) is 0 Å². The maximum Gasteiger partial charge on any atom is 0.346 e. The van der Waals surface area contributed by atoms with Crippen LogP contribution in [0.25, 0.3) is 0 Å². The maximum absolute atomic E-state index is 11.9. The zero-order chi connectivity index (χ0) is 14.7. The van der Waals surface area contributed by atoms with Gasteiger partial charge in [-0.05, 0) is 6.54 Å². The summed E-state index contributed by atoms with van der Waals surface area (Å²) in [5.74, 6) is 0.173. The van der Waals surface area contributed by atoms with Crippen molar-refractivity contribution in [1.29, 1.82) is 0 Å². The van der Waals surface area contributed by atoms with Gasteiger partial charge in [0.15, 0.2) is 0 Å². The molecule has 2 rings (SSSR count). The summed E-state index contributed by atoms with van der Waals surface area (Å²) >= 11 is 0. The lowest BCUT2D eigenvalue weighted by atomic mass is 10.2. The van der Waals surface area contributed by atoms with E-state index in [1.54, 1.807) is 0 Å². The molecule has 1 aromatic heterocycles. The number of rotatable bonds is 4. The highest BCUT2D eigenvalue weighted by Gasteiger charge is 2.19. The summed E-state index contributed by atoms with van der Waals surface area (Å²) in [6, 6.07) is 0. The van der Waals surface area contributed by atoms with Gasteiger partial charge in [0.05, 0.1) is 12.7 Å². The van der Waals surface area contributed by atoms with Gasteiger partial charge in [-0.3, -0.25) is 14.3 Å². The molecule has 1 saturated heterocycles. The summed E-state index contributed by atoms with van der Waals surface area (Å²) in [5.41, 5.74) is -0.858. The van der Waals surface area contributed by atoms with Gasteiger partial charge in [-0.25, -0.2) is 9.48 Å². The van der Waals surface area contributed by atoms with Crippen molar-refractivity contribution in [3.63, 3.8) is 0 Å². The highest BCUT2D eigenvalue weighted by molar-refractivity contribution is 5.29. The minimum Gasteiger partial charge on any atom is -0.374 e. The molecule has 8 nitrogen and oxygen atoms in total. The Morgan fingerprint density at radius 2 is 2.15 bits per heavy atom. The summed E-state index contributed by atoms with van der Waals surface area (Å²) in [4.78, 5) is 25.7. The fraction of sp³-hybridized carbons (Fsp3) is 0.750. The Bertz CT molecular complexity index is 579. The van der Waals surface area contributed by atoms with E-state index in [0.717, 1.165) is 28.9 Å². The summed E-state index contributed by atoms with van der Waals surface area (Å²) in [6.07, 6.45) is 0.0208. The second-order valence-corrected chi connectivity index (χ2v) is 4.89. The van der Waals surface area contributed by atoms with Crippen LogP contribution in [0.15, 0.2) is 9.59 Å². The lowest BCUT2D eigenvalue weighted by Crippen LogP contribution is -2.46. The molecule has 0 amide bonds. The van der Waals surface area contributed by atoms with E-state index in [4.69, 9.17) is 4.74 Å². The molecule has 0 spiro atoms. The SMILES string of the molecule is CCN1CCOC(CNc2nn(C)c(=O)n(C)c2=O)C1. The van der Waals surface area contributed by atoms with Crippen LogP contribution in [0.1, 0.15) is 6.92 Å². The van der Waals surface area contributed by atoms with Crippen molar-refractivity contribution in [1.82, 2.24) is 19.2 Å². The van der Waals surface area contributed by atoms with E-state index in [1.807, 2.05) is 0 Å². The van der Waals surface area contributed by atoms with Gasteiger partial charge >= 0.3 is 5.69 Å². The fourth-order valence-corrected chi connectivity index (χ4v) is 2.21. The first-order valence-electron chi connectivity index (χ1n) is 6.75. The standard InChI is InChI=1S/C12H21N5O3/c1-4-17-5-6-20-9(8-17)7-13-10-11(18)15(2)12(19)16(3)14-10/h9H,4-8H2,1-3H3,(H,13,14). The molecule has 1 aromatic rings. The number of aryl methyl sites for hydroxylation is 1. The van der Waals surface area contributed by atoms with Crippen molar-refractivity contribution in [2.45, 2.75) is 13.0 Å². The molecule has 2 heterocycles. The first-order valence-corrected chi connectivity index (χ1v) is 6.75. The molecule has 20 heavy (non-hydrogen) atoms. The van der Waals surface area contributed by atoms with Crippen LogP contribution in [0, 0.1) is 0 Å². The first-order chi connectivity index (χ1) is 9.52. The minimum absolute atomic E-state index is 0.0208. The number of hydrogen-bond donors (Lipinski definition) is 1. The third-order valence-corrected chi connectivity index (χ3v) is 3.49. The topological polar surface area (TPSA) is 81.4 Å². The van der Waals surface area contributed by atoms with Crippen molar-refractivity contribution < 1.29 is 4.74 Å². The number of nitrogens with zero attached hydrogens (tertiary/aromatic N) is 4. The number of aromatic nitrogens is 3. The molecule has 1 fully saturated rings. The largest absolute Gasteiger partial charge is 0.374 e. The van der Waals surface area contributed by atoms with Crippen molar-refractivity contribution >= 4 is 5.82 Å². The van der Waals surface area contributed by atoms with E-state index in [-0.39, 0.29) is 11.9 Å². The van der Waals surface area contributed by atoms with Crippen molar-refractivity contribution in [2.75, 3.05) is 38.1 Å². The molecule has 1 atom stereocenters. The lowest BCUT2D eigenvalue weighted by molar-refractivity contribution is -0.0192. The van der Waals surface area contributed by atoms with Gasteiger partial charge in [0.2, 0.25) is 5.82 Å². The van der Waals surface area contributed by atoms with Crippen LogP contribution in [-0.4, -0.2) is 58.1 Å². The molecule has 0 aromatic carbocycles. The second kappa shape index (κ2) is 6.19. The molecule has 0 bridgehead atoms. The van der Waals surface area contributed by atoms with E-state index in [2.05, 4.69) is 22.2 Å². The van der Waals surface area contributed by atoms with E-state index in [0.29, 0.717) is 13.2 Å². The molecular formula is C12H21N5O3. The van der Waals surface area contributed by atoms with Crippen molar-refractivity contribution in [2.24, 2.45) is 14.1 Å². The van der Waals surface area contributed by atoms with Crippen LogP contribution >= 0.6 is 0 Å². The lowest BCUT2D eigenvalue weighted by Gasteiger charge is -2.32. The van der Waals surface area contributed by atoms with Gasteiger partial charge in [0.25, 0.3) is 5.56 Å². The average Bonchev–Trinajstić information content (AvgIpc) is 2.47. The van der Waals surface area contributed by atoms with Crippen LogP contribution in [0.3, 0.4) is 0 Å². The second-order valence-electron chi connectivity index (χ2n) is 4.89. The van der Waals surface area contributed by atoms with Gasteiger partial charge in [0.1, 0.15) is 0 Å². The molecule has 1 N–H and O–H groups in total. The predicted molar refractivity (Wildman–Crippen MR) is 75.1 cm³/mol. The third-order valence-electron chi connectivity index (χ3n) is 3.49. The maximum atomic E-state index is 11.9. The Morgan fingerprint density at radius 3 is 2.85 bits per heavy atom. The number of likely N-dealkylation sites (N-methyl/N-ethyl adjacent to an activating group) is 1. The first kappa shape index (κ1) is 14.7. The number of nitrogens with one attached hydrogen (secondary N) is 1. The van der Waals surface area contributed by atoms with Crippen LogP contribution < -0.4 is 16.6 Å². The Hall–Kier alpha value is -1.67. The molecule has 0 aliphatic carbocycles. The molecular weight excluding hydrogens is 262 g/mol. The van der Waals surface area contributed by atoms with E-state index in [9.17, 15) is 9.59 Å². The van der Waals surface area contributed by atoms with E-state index < -0.39 is 11.2 Å². The normalized spacial score (nSPS) is 20.1. The van der Waals surface area contributed by atoms with Gasteiger partial charge in [-0.1, -0.05) is 6.92 Å². The molecule has 8 heteroatoms. The Morgan fingerprint density at radius 1 is 1.40 bits per heavy atom. The van der Waals surface area contributed by atoms with Crippen LogP contribution in [0.4, 0.5) is 5.82 Å². The molecule has 0 radical (unpaired) electrons. The average molecular weight is 283 g/mol. The molecule has 1 aliphatic rings. The van der Waals surface area contributed by atoms with Gasteiger partial charge in [0, 0.05) is 33.7 Å². The van der Waals surface area contributed by atoms with Crippen molar-refractivity contribution in [3.05, 3.63) is 20.8 Å². The number of anilines is 1. The monoisotopic (exact) mass is 283 g/mol. The summed E-state index contributed by atoms with van der Waals surface area (Å²) in [5, 5.41) is 6.93. The van der Waals surface area contributed by atoms with Crippen LogP contribution in [-0.2, 0) is 18.8 Å². The highest BCUT2D eigenvalue weighted by Crippen LogP contribution is 2.05. The molecule has 1 unspecified atom stereocenters. The van der Waals surface area contributed by atoms with Gasteiger partial charge < -0.3 is 10.1 Å². The highest BCUT2D eigenvalue weighted by atomic mass is 16.5. The minimum atomic E-state index is -0.438. The summed E-state index contributed by atoms with van der Waals surface area (Å²) in [7, 11) is 2.95. The predicted octanol–water partition coefficient (Wildman–Crippen LogP) is -1.39. The third kappa shape index (κ3) is 3.07. The number of morpholine rings is 1. The number of ether oxygens (including phenoxy) is 1. The molecule has 0 saturated carbocycles. The van der Waals surface area contributed by atoms with Crippen LogP contribution in [0.5, 0.6) is 0 Å². The fourth-order valence-electron chi connectivity index (χ4n) is 2.21. The Labute approximate surface area is 117 Å². The molecule has 1 aliphatic heterocycles. The summed E-state index contributed by atoms with van der Waals surface area (Å²) < 4.78 is 7.83. The van der Waals surface area contributed by atoms with Gasteiger partial charge in [-0.15, -0.1) is 5.10 Å². The molecule has 112 valence electrons. The van der Waals surface area contributed by atoms with Gasteiger partial charge in [-0.2, -0.15) is 0 Å².